The van der Waals surface area contributed by atoms with Gasteiger partial charge in [-0.1, -0.05) is 6.07 Å². The predicted molar refractivity (Wildman–Crippen MR) is 66.0 cm³/mol. The lowest BCUT2D eigenvalue weighted by atomic mass is 10.1. The monoisotopic (exact) mass is 239 g/mol. The zero-order valence-electron chi connectivity index (χ0n) is 9.09. The van der Waals surface area contributed by atoms with Crippen LogP contribution in [0.4, 0.5) is 0 Å². The Hall–Kier alpha value is -1.26. The van der Waals surface area contributed by atoms with E-state index in [1.807, 2.05) is 30.1 Å². The van der Waals surface area contributed by atoms with Crippen molar-refractivity contribution in [2.45, 2.75) is 6.42 Å². The van der Waals surface area contributed by atoms with Crippen LogP contribution in [0.5, 0.6) is 0 Å². The molecule has 16 heavy (non-hydrogen) atoms. The van der Waals surface area contributed by atoms with Gasteiger partial charge in [-0.3, -0.25) is 4.90 Å². The molecule has 1 heterocycles. The number of hydrogen-bond donors (Lipinski definition) is 2. The summed E-state index contributed by atoms with van der Waals surface area (Å²) in [7, 11) is 1.98. The lowest BCUT2D eigenvalue weighted by Gasteiger charge is -2.11. The molecule has 0 fully saturated rings. The number of likely N-dealkylation sites (N-methyl/N-ethyl adjacent to an activating group) is 1. The maximum Gasteiger partial charge on any atom is 0.323 e. The largest absolute Gasteiger partial charge is 0.323 e. The lowest BCUT2D eigenvalue weighted by molar-refractivity contribution is 0.394. The van der Waals surface area contributed by atoms with Crippen LogP contribution in [0, 0.1) is 0 Å². The Labute approximate surface area is 98.2 Å². The molecular weight excluding hydrogens is 226 g/mol. The maximum absolute atomic E-state index is 11.1. The second kappa shape index (κ2) is 4.72. The average Bonchev–Trinajstić information content (AvgIpc) is 2.65. The molecule has 0 radical (unpaired) electrons. The van der Waals surface area contributed by atoms with E-state index in [1.165, 1.54) is 5.56 Å². The maximum atomic E-state index is 11.1. The van der Waals surface area contributed by atoms with E-state index in [2.05, 4.69) is 9.97 Å². The summed E-state index contributed by atoms with van der Waals surface area (Å²) in [4.78, 5) is 18.6. The minimum absolute atomic E-state index is 0.162. The second-order valence-electron chi connectivity index (χ2n) is 3.91. The molecule has 0 aliphatic rings. The van der Waals surface area contributed by atoms with Gasteiger partial charge < -0.3 is 9.97 Å². The molecule has 0 aliphatic heterocycles. The number of nitrogens with one attached hydrogen (secondary N) is 2. The Balaban J connectivity index is 2.16. The van der Waals surface area contributed by atoms with Gasteiger partial charge in [0.2, 0.25) is 0 Å². The van der Waals surface area contributed by atoms with E-state index in [0.29, 0.717) is 6.00 Å². The first kappa shape index (κ1) is 11.2. The fourth-order valence-corrected chi connectivity index (χ4v) is 1.73. The van der Waals surface area contributed by atoms with Gasteiger partial charge >= 0.3 is 5.69 Å². The highest BCUT2D eigenvalue weighted by molar-refractivity contribution is 6.17. The van der Waals surface area contributed by atoms with Crippen LogP contribution in [0.15, 0.2) is 23.0 Å². The van der Waals surface area contributed by atoms with Gasteiger partial charge in [0.25, 0.3) is 0 Å². The van der Waals surface area contributed by atoms with E-state index in [0.717, 1.165) is 24.0 Å². The number of rotatable bonds is 4. The molecule has 86 valence electrons. The smallest absolute Gasteiger partial charge is 0.306 e. The van der Waals surface area contributed by atoms with Crippen molar-refractivity contribution in [3.8, 4) is 0 Å². The second-order valence-corrected chi connectivity index (χ2v) is 4.15. The summed E-state index contributed by atoms with van der Waals surface area (Å²) in [6, 6.07) is 6.47. The molecule has 0 bridgehead atoms. The van der Waals surface area contributed by atoms with Crippen molar-refractivity contribution in [3.05, 3.63) is 34.2 Å². The zero-order valence-corrected chi connectivity index (χ0v) is 9.84. The number of aromatic amines is 2. The molecule has 0 aliphatic carbocycles. The Morgan fingerprint density at radius 3 is 2.81 bits per heavy atom. The minimum atomic E-state index is -0.162. The lowest BCUT2D eigenvalue weighted by Crippen LogP contribution is -2.19. The summed E-state index contributed by atoms with van der Waals surface area (Å²) >= 11 is 5.69. The highest BCUT2D eigenvalue weighted by atomic mass is 35.5. The highest BCUT2D eigenvalue weighted by Crippen LogP contribution is 2.10. The van der Waals surface area contributed by atoms with Crippen LogP contribution in [0.2, 0.25) is 0 Å². The number of halogens is 1. The van der Waals surface area contributed by atoms with Gasteiger partial charge in [-0.05, 0) is 31.2 Å². The third-order valence-corrected chi connectivity index (χ3v) is 2.97. The number of H-pyrrole nitrogens is 2. The average molecular weight is 240 g/mol. The van der Waals surface area contributed by atoms with E-state index >= 15 is 0 Å². The molecular formula is C11H14ClN3O. The number of benzene rings is 1. The molecule has 0 amide bonds. The number of fused-ring (bicyclic) bond motifs is 1. The van der Waals surface area contributed by atoms with Crippen LogP contribution < -0.4 is 5.69 Å². The summed E-state index contributed by atoms with van der Waals surface area (Å²) in [5, 5.41) is 0. The molecule has 0 atom stereocenters. The summed E-state index contributed by atoms with van der Waals surface area (Å²) in [6.45, 7) is 0.906. The topological polar surface area (TPSA) is 51.9 Å². The van der Waals surface area contributed by atoms with Crippen molar-refractivity contribution in [3.63, 3.8) is 0 Å². The Morgan fingerprint density at radius 2 is 2.06 bits per heavy atom. The molecule has 2 N–H and O–H groups in total. The molecule has 2 aromatic rings. The van der Waals surface area contributed by atoms with Gasteiger partial charge in [-0.2, -0.15) is 0 Å². The molecule has 0 unspecified atom stereocenters. The van der Waals surface area contributed by atoms with Crippen molar-refractivity contribution < 1.29 is 0 Å². The zero-order chi connectivity index (χ0) is 11.5. The fourth-order valence-electron chi connectivity index (χ4n) is 1.61. The number of nitrogens with zero attached hydrogens (tertiary/aromatic N) is 1. The molecule has 0 saturated carbocycles. The molecule has 1 aromatic carbocycles. The Bertz CT molecular complexity index is 531. The van der Waals surface area contributed by atoms with Crippen molar-refractivity contribution in [1.29, 1.82) is 0 Å². The van der Waals surface area contributed by atoms with Gasteiger partial charge in [-0.15, -0.1) is 11.6 Å². The number of aromatic nitrogens is 2. The van der Waals surface area contributed by atoms with Gasteiger partial charge in [0.1, 0.15) is 0 Å². The van der Waals surface area contributed by atoms with Crippen LogP contribution >= 0.6 is 11.6 Å². The summed E-state index contributed by atoms with van der Waals surface area (Å²) in [5.41, 5.74) is 2.74. The van der Waals surface area contributed by atoms with Crippen molar-refractivity contribution in [2.75, 3.05) is 19.6 Å². The van der Waals surface area contributed by atoms with Crippen LogP contribution in [-0.4, -0.2) is 34.5 Å². The SMILES string of the molecule is CN(CCl)CCc1ccc2[nH]c(=O)[nH]c2c1. The van der Waals surface area contributed by atoms with E-state index in [9.17, 15) is 4.79 Å². The molecule has 0 saturated heterocycles. The normalized spacial score (nSPS) is 11.4. The third-order valence-electron chi connectivity index (χ3n) is 2.57. The van der Waals surface area contributed by atoms with Gasteiger partial charge in [0.15, 0.2) is 0 Å². The molecule has 0 spiro atoms. The van der Waals surface area contributed by atoms with Gasteiger partial charge in [-0.25, -0.2) is 4.79 Å². The first-order valence-electron chi connectivity index (χ1n) is 5.14. The molecule has 5 heteroatoms. The van der Waals surface area contributed by atoms with Crippen molar-refractivity contribution in [2.24, 2.45) is 0 Å². The number of alkyl halides is 1. The van der Waals surface area contributed by atoms with E-state index < -0.39 is 0 Å². The number of imidazole rings is 1. The van der Waals surface area contributed by atoms with Crippen LogP contribution in [0.3, 0.4) is 0 Å². The van der Waals surface area contributed by atoms with Crippen LogP contribution in [0.1, 0.15) is 5.56 Å². The first-order chi connectivity index (χ1) is 7.69. The quantitative estimate of drug-likeness (QED) is 0.628. The summed E-state index contributed by atoms with van der Waals surface area (Å²) in [5.74, 6) is 0. The van der Waals surface area contributed by atoms with Crippen molar-refractivity contribution >= 4 is 22.6 Å². The molecule has 4 nitrogen and oxygen atoms in total. The van der Waals surface area contributed by atoms with E-state index in [1.54, 1.807) is 0 Å². The van der Waals surface area contributed by atoms with E-state index in [4.69, 9.17) is 11.6 Å². The first-order valence-corrected chi connectivity index (χ1v) is 5.68. The summed E-state index contributed by atoms with van der Waals surface area (Å²) in [6.07, 6.45) is 0.923. The van der Waals surface area contributed by atoms with Crippen LogP contribution in [-0.2, 0) is 6.42 Å². The van der Waals surface area contributed by atoms with Gasteiger partial charge in [0.05, 0.1) is 17.0 Å². The fraction of sp³-hybridized carbons (Fsp3) is 0.364. The van der Waals surface area contributed by atoms with Crippen molar-refractivity contribution in [1.82, 2.24) is 14.9 Å². The molecule has 1 aromatic heterocycles. The highest BCUT2D eigenvalue weighted by Gasteiger charge is 2.01. The predicted octanol–water partition coefficient (Wildman–Crippen LogP) is 1.53. The van der Waals surface area contributed by atoms with E-state index in [-0.39, 0.29) is 5.69 Å². The summed E-state index contributed by atoms with van der Waals surface area (Å²) < 4.78 is 0. The van der Waals surface area contributed by atoms with Gasteiger partial charge in [0, 0.05) is 6.54 Å². The Kier molecular flexibility index (Phi) is 3.31. The Morgan fingerprint density at radius 1 is 1.31 bits per heavy atom. The minimum Gasteiger partial charge on any atom is -0.306 e. The molecule has 2 rings (SSSR count). The number of hydrogen-bond acceptors (Lipinski definition) is 2. The van der Waals surface area contributed by atoms with Crippen LogP contribution in [0.25, 0.3) is 11.0 Å². The third kappa shape index (κ3) is 2.46. The standard InChI is InChI=1S/C11H14ClN3O/c1-15(7-12)5-4-8-2-3-9-10(6-8)14-11(16)13-9/h2-3,6H,4-5,7H2,1H3,(H2,13,14,16).